The molecule has 0 fully saturated rings. The molecule has 52 heavy (non-hydrogen) atoms. The number of nitrogens with zero attached hydrogens (tertiary/aromatic N) is 3. The smallest absolute Gasteiger partial charge is 0.159 e. The number of aromatic nitrogens is 1. The molecule has 1 atom stereocenters. The van der Waals surface area contributed by atoms with Crippen LogP contribution in [0.15, 0.2) is 168 Å². The number of nitrogens with one attached hydrogen (secondary N) is 1. The molecular formula is C47H34N4S. The Balaban J connectivity index is 1.03. The predicted octanol–water partition coefficient (Wildman–Crippen LogP) is 11.6. The van der Waals surface area contributed by atoms with Gasteiger partial charge in [-0.1, -0.05) is 166 Å². The predicted molar refractivity (Wildman–Crippen MR) is 217 cm³/mol. The summed E-state index contributed by atoms with van der Waals surface area (Å²) < 4.78 is 2.58. The fourth-order valence-electron chi connectivity index (χ4n) is 7.92. The van der Waals surface area contributed by atoms with Crippen LogP contribution < -0.4 is 5.32 Å². The van der Waals surface area contributed by atoms with E-state index in [4.69, 9.17) is 15.0 Å². The highest BCUT2D eigenvalue weighted by molar-refractivity contribution is 7.26. The Morgan fingerprint density at radius 3 is 1.96 bits per heavy atom. The first kappa shape index (κ1) is 30.6. The molecule has 1 aliphatic heterocycles. The van der Waals surface area contributed by atoms with Gasteiger partial charge in [0, 0.05) is 37.8 Å². The fraction of sp³-hybridized carbons (Fsp3) is 0.0851. The summed E-state index contributed by atoms with van der Waals surface area (Å²) in [5, 5.41) is 4.77. The third-order valence-electron chi connectivity index (χ3n) is 10.5. The van der Waals surface area contributed by atoms with E-state index in [0.29, 0.717) is 5.84 Å². The number of fused-ring (bicyclic) bond motifs is 7. The number of amidine groups is 2. The number of thiophene rings is 1. The van der Waals surface area contributed by atoms with Gasteiger partial charge in [-0.05, 0) is 39.4 Å². The molecule has 0 amide bonds. The van der Waals surface area contributed by atoms with Crippen LogP contribution in [-0.2, 0) is 5.41 Å². The van der Waals surface area contributed by atoms with Crippen molar-refractivity contribution in [3.05, 3.63) is 186 Å². The van der Waals surface area contributed by atoms with E-state index in [1.165, 1.54) is 37.0 Å². The first-order valence-corrected chi connectivity index (χ1v) is 18.5. The number of benzene rings is 6. The van der Waals surface area contributed by atoms with Crippen molar-refractivity contribution >= 4 is 43.3 Å². The van der Waals surface area contributed by atoms with Gasteiger partial charge in [-0.15, -0.1) is 11.3 Å². The summed E-state index contributed by atoms with van der Waals surface area (Å²) in [7, 11) is 0. The van der Waals surface area contributed by atoms with E-state index in [-0.39, 0.29) is 11.6 Å². The topological polar surface area (TPSA) is 49.6 Å². The normalized spacial score (nSPS) is 15.8. The van der Waals surface area contributed by atoms with Crippen LogP contribution in [0.25, 0.3) is 53.8 Å². The second-order valence-corrected chi connectivity index (χ2v) is 15.1. The molecule has 0 saturated carbocycles. The number of hydrogen-bond acceptors (Lipinski definition) is 5. The van der Waals surface area contributed by atoms with E-state index < -0.39 is 0 Å². The largest absolute Gasteiger partial charge is 0.344 e. The van der Waals surface area contributed by atoms with Gasteiger partial charge in [0.15, 0.2) is 5.84 Å². The molecular weight excluding hydrogens is 653 g/mol. The highest BCUT2D eigenvalue weighted by Gasteiger charge is 2.40. The monoisotopic (exact) mass is 686 g/mol. The standard InChI is InChI=1S/C47H34N4S/c1-47(2)37-19-11-9-17-35(37)39-40(47)43-42(36-18-10-12-20-38(36)52-43)48-41(39)31-25-21-29(22-26-31)30-23-27-34(28-24-30)46-50-44(32-13-5-3-6-14-32)49-45(51-46)33-15-7-4-8-16-33/h3-28,44H,1-2H3,(H,49,50,51). The van der Waals surface area contributed by atoms with Crippen LogP contribution in [0, 0.1) is 0 Å². The van der Waals surface area contributed by atoms with Crippen molar-refractivity contribution in [1.82, 2.24) is 10.3 Å². The second-order valence-electron chi connectivity index (χ2n) is 14.0. The van der Waals surface area contributed by atoms with E-state index in [2.05, 4.69) is 140 Å². The molecule has 8 aromatic rings. The Morgan fingerprint density at radius 1 is 0.596 bits per heavy atom. The van der Waals surface area contributed by atoms with Crippen molar-refractivity contribution in [2.45, 2.75) is 25.4 Å². The van der Waals surface area contributed by atoms with E-state index in [1.54, 1.807) is 0 Å². The lowest BCUT2D eigenvalue weighted by Crippen LogP contribution is -2.33. The molecule has 3 heterocycles. The summed E-state index contributed by atoms with van der Waals surface area (Å²) in [6.07, 6.45) is -0.227. The van der Waals surface area contributed by atoms with Gasteiger partial charge in [-0.3, -0.25) is 0 Å². The summed E-state index contributed by atoms with van der Waals surface area (Å²) in [5.74, 6) is 1.53. The molecule has 2 aromatic heterocycles. The van der Waals surface area contributed by atoms with Crippen LogP contribution in [0.5, 0.6) is 0 Å². The lowest BCUT2D eigenvalue weighted by atomic mass is 9.82. The summed E-state index contributed by atoms with van der Waals surface area (Å²) in [6, 6.07) is 55.6. The minimum Gasteiger partial charge on any atom is -0.344 e. The average Bonchev–Trinajstić information content (AvgIpc) is 3.70. The Bertz CT molecular complexity index is 2710. The number of pyridine rings is 1. The van der Waals surface area contributed by atoms with Crippen molar-refractivity contribution in [2.75, 3.05) is 0 Å². The molecule has 6 aromatic carbocycles. The van der Waals surface area contributed by atoms with Gasteiger partial charge in [0.05, 0.1) is 15.9 Å². The van der Waals surface area contributed by atoms with Crippen LogP contribution in [0.4, 0.5) is 0 Å². The quantitative estimate of drug-likeness (QED) is 0.196. The minimum absolute atomic E-state index is 0.129. The maximum Gasteiger partial charge on any atom is 0.159 e. The number of hydrogen-bond donors (Lipinski definition) is 1. The van der Waals surface area contributed by atoms with Crippen LogP contribution in [0.2, 0.25) is 0 Å². The molecule has 248 valence electrons. The van der Waals surface area contributed by atoms with Crippen molar-refractivity contribution in [1.29, 1.82) is 0 Å². The van der Waals surface area contributed by atoms with E-state index in [1.807, 2.05) is 47.7 Å². The zero-order valence-electron chi connectivity index (χ0n) is 28.8. The molecule has 1 aliphatic carbocycles. The first-order chi connectivity index (χ1) is 25.5. The van der Waals surface area contributed by atoms with Gasteiger partial charge >= 0.3 is 0 Å². The first-order valence-electron chi connectivity index (χ1n) is 17.7. The molecule has 10 rings (SSSR count). The zero-order chi connectivity index (χ0) is 34.8. The van der Waals surface area contributed by atoms with Gasteiger partial charge < -0.3 is 5.32 Å². The van der Waals surface area contributed by atoms with Crippen molar-refractivity contribution < 1.29 is 0 Å². The number of rotatable bonds is 5. The molecule has 4 nitrogen and oxygen atoms in total. The Labute approximate surface area is 306 Å². The van der Waals surface area contributed by atoms with Crippen LogP contribution in [0.3, 0.4) is 0 Å². The molecule has 1 unspecified atom stereocenters. The van der Waals surface area contributed by atoms with Gasteiger partial charge in [0.25, 0.3) is 0 Å². The molecule has 0 saturated heterocycles. The summed E-state index contributed by atoms with van der Waals surface area (Å²) in [4.78, 5) is 15.5. The highest BCUT2D eigenvalue weighted by Crippen LogP contribution is 2.56. The van der Waals surface area contributed by atoms with Crippen LogP contribution >= 0.6 is 11.3 Å². The lowest BCUT2D eigenvalue weighted by Gasteiger charge is -2.23. The minimum atomic E-state index is -0.227. The maximum absolute atomic E-state index is 5.47. The molecule has 1 N–H and O–H groups in total. The Morgan fingerprint density at radius 2 is 1.21 bits per heavy atom. The Kier molecular flexibility index (Phi) is 7.05. The van der Waals surface area contributed by atoms with Gasteiger partial charge in [-0.25, -0.2) is 15.0 Å². The second kappa shape index (κ2) is 12.0. The average molecular weight is 687 g/mol. The summed E-state index contributed by atoms with van der Waals surface area (Å²) in [5.41, 5.74) is 13.9. The van der Waals surface area contributed by atoms with Crippen molar-refractivity contribution in [2.24, 2.45) is 9.98 Å². The van der Waals surface area contributed by atoms with Gasteiger partial charge in [0.1, 0.15) is 12.0 Å². The van der Waals surface area contributed by atoms with Crippen LogP contribution in [-0.4, -0.2) is 16.7 Å². The Hall–Kier alpha value is -6.17. The van der Waals surface area contributed by atoms with E-state index in [9.17, 15) is 0 Å². The highest BCUT2D eigenvalue weighted by atomic mass is 32.1. The third kappa shape index (κ3) is 4.92. The summed E-state index contributed by atoms with van der Waals surface area (Å²) >= 11 is 1.87. The zero-order valence-corrected chi connectivity index (χ0v) is 29.7. The fourth-order valence-corrected chi connectivity index (χ4v) is 9.27. The molecule has 2 aliphatic rings. The molecule has 5 heteroatoms. The van der Waals surface area contributed by atoms with Crippen molar-refractivity contribution in [3.63, 3.8) is 0 Å². The molecule has 0 bridgehead atoms. The van der Waals surface area contributed by atoms with Gasteiger partial charge in [0.2, 0.25) is 0 Å². The van der Waals surface area contributed by atoms with E-state index in [0.717, 1.165) is 50.4 Å². The number of aliphatic imine (C=N–C) groups is 2. The molecule has 0 spiro atoms. The maximum atomic E-state index is 5.47. The van der Waals surface area contributed by atoms with Gasteiger partial charge in [-0.2, -0.15) is 0 Å². The van der Waals surface area contributed by atoms with Crippen molar-refractivity contribution in [3.8, 4) is 33.5 Å². The summed E-state index contributed by atoms with van der Waals surface area (Å²) in [6.45, 7) is 4.73. The van der Waals surface area contributed by atoms with Crippen LogP contribution in [0.1, 0.15) is 47.8 Å². The third-order valence-corrected chi connectivity index (χ3v) is 11.7. The SMILES string of the molecule is CC1(C)c2ccccc2-c2c(-c3ccc(-c4ccc(C5=NC(c6ccccc6)NC(c6ccccc6)=N5)cc4)cc3)nc3c(sc4ccccc43)c21. The lowest BCUT2D eigenvalue weighted by molar-refractivity contribution is 0.667. The molecule has 0 radical (unpaired) electrons. The van der Waals surface area contributed by atoms with E-state index >= 15 is 0 Å².